The van der Waals surface area contributed by atoms with Gasteiger partial charge in [-0.3, -0.25) is 0 Å². The SMILES string of the molecule is COc1ccc(OCC(O)CNC2CCN(CC(O)COc3cccc(Cl)c3Cl)CC2)cc1. The summed E-state index contributed by atoms with van der Waals surface area (Å²) in [5, 5.41) is 24.8. The molecule has 0 aliphatic carbocycles. The van der Waals surface area contributed by atoms with Crippen molar-refractivity contribution in [2.24, 2.45) is 0 Å². The number of piperidine rings is 1. The number of ether oxygens (including phenoxy) is 3. The van der Waals surface area contributed by atoms with Crippen molar-refractivity contribution in [2.45, 2.75) is 31.1 Å². The lowest BCUT2D eigenvalue weighted by Crippen LogP contribution is -2.47. The number of nitrogens with one attached hydrogen (secondary N) is 1. The van der Waals surface area contributed by atoms with Crippen LogP contribution in [0.5, 0.6) is 17.2 Å². The maximum atomic E-state index is 10.3. The lowest BCUT2D eigenvalue weighted by atomic mass is 10.0. The second kappa shape index (κ2) is 13.2. The van der Waals surface area contributed by atoms with E-state index in [0.29, 0.717) is 40.7 Å². The summed E-state index contributed by atoms with van der Waals surface area (Å²) < 4.78 is 16.4. The number of hydrogen-bond donors (Lipinski definition) is 3. The van der Waals surface area contributed by atoms with Crippen LogP contribution in [-0.2, 0) is 0 Å². The monoisotopic (exact) mass is 498 g/mol. The van der Waals surface area contributed by atoms with Gasteiger partial charge in [-0.1, -0.05) is 29.3 Å². The fraction of sp³-hybridized carbons (Fsp3) is 0.500. The smallest absolute Gasteiger partial charge is 0.139 e. The maximum absolute atomic E-state index is 10.3. The third-order valence-electron chi connectivity index (χ3n) is 5.55. The van der Waals surface area contributed by atoms with Crippen molar-refractivity contribution in [2.75, 3.05) is 46.5 Å². The molecular weight excluding hydrogens is 467 g/mol. The van der Waals surface area contributed by atoms with Crippen molar-refractivity contribution >= 4 is 23.2 Å². The predicted molar refractivity (Wildman–Crippen MR) is 130 cm³/mol. The molecule has 33 heavy (non-hydrogen) atoms. The Balaban J connectivity index is 1.28. The summed E-state index contributed by atoms with van der Waals surface area (Å²) in [5.74, 6) is 1.94. The van der Waals surface area contributed by atoms with E-state index < -0.39 is 12.2 Å². The van der Waals surface area contributed by atoms with Gasteiger partial charge in [0.1, 0.15) is 47.7 Å². The molecule has 2 aromatic rings. The molecule has 0 aromatic heterocycles. The van der Waals surface area contributed by atoms with Gasteiger partial charge in [0, 0.05) is 19.1 Å². The average molecular weight is 499 g/mol. The molecule has 1 fully saturated rings. The molecule has 3 N–H and O–H groups in total. The van der Waals surface area contributed by atoms with Crippen LogP contribution < -0.4 is 19.5 Å². The number of methoxy groups -OCH3 is 1. The van der Waals surface area contributed by atoms with Crippen LogP contribution in [0.3, 0.4) is 0 Å². The predicted octanol–water partition coefficient (Wildman–Crippen LogP) is 3.24. The zero-order valence-electron chi connectivity index (χ0n) is 18.8. The maximum Gasteiger partial charge on any atom is 0.139 e. The largest absolute Gasteiger partial charge is 0.497 e. The quantitative estimate of drug-likeness (QED) is 0.414. The minimum absolute atomic E-state index is 0.151. The Morgan fingerprint density at radius 1 is 0.970 bits per heavy atom. The molecule has 1 aliphatic heterocycles. The lowest BCUT2D eigenvalue weighted by Gasteiger charge is -2.34. The second-order valence-corrected chi connectivity index (χ2v) is 8.93. The van der Waals surface area contributed by atoms with Crippen LogP contribution in [0.4, 0.5) is 0 Å². The highest BCUT2D eigenvalue weighted by Crippen LogP contribution is 2.31. The van der Waals surface area contributed by atoms with Gasteiger partial charge in [-0.05, 0) is 62.3 Å². The van der Waals surface area contributed by atoms with Crippen molar-refractivity contribution < 1.29 is 24.4 Å². The van der Waals surface area contributed by atoms with Crippen LogP contribution in [0.25, 0.3) is 0 Å². The molecule has 7 nitrogen and oxygen atoms in total. The number of aliphatic hydroxyl groups is 2. The number of hydrogen-bond acceptors (Lipinski definition) is 7. The van der Waals surface area contributed by atoms with Crippen LogP contribution in [0, 0.1) is 0 Å². The van der Waals surface area contributed by atoms with Crippen molar-refractivity contribution in [1.82, 2.24) is 10.2 Å². The summed E-state index contributed by atoms with van der Waals surface area (Å²) in [6.45, 7) is 3.11. The molecule has 9 heteroatoms. The molecule has 0 bridgehead atoms. The highest BCUT2D eigenvalue weighted by molar-refractivity contribution is 6.42. The van der Waals surface area contributed by atoms with Crippen LogP contribution in [0.15, 0.2) is 42.5 Å². The summed E-state index contributed by atoms with van der Waals surface area (Å²) in [6, 6.07) is 12.8. The zero-order valence-corrected chi connectivity index (χ0v) is 20.3. The van der Waals surface area contributed by atoms with E-state index in [1.807, 2.05) is 24.3 Å². The van der Waals surface area contributed by atoms with E-state index in [2.05, 4.69) is 10.2 Å². The molecule has 0 spiro atoms. The molecule has 1 aliphatic rings. The first-order valence-corrected chi connectivity index (χ1v) is 11.9. The first kappa shape index (κ1) is 25.9. The van der Waals surface area contributed by atoms with Crippen molar-refractivity contribution in [3.63, 3.8) is 0 Å². The number of rotatable bonds is 12. The Hall–Kier alpha value is -1.74. The van der Waals surface area contributed by atoms with Gasteiger partial charge in [0.05, 0.1) is 12.1 Å². The summed E-state index contributed by atoms with van der Waals surface area (Å²) in [5.41, 5.74) is 0. The van der Waals surface area contributed by atoms with E-state index >= 15 is 0 Å². The van der Waals surface area contributed by atoms with Crippen LogP contribution >= 0.6 is 23.2 Å². The van der Waals surface area contributed by atoms with E-state index in [1.54, 1.807) is 25.3 Å². The first-order valence-electron chi connectivity index (χ1n) is 11.1. The summed E-state index contributed by atoms with van der Waals surface area (Å²) >= 11 is 12.1. The molecule has 1 saturated heterocycles. The van der Waals surface area contributed by atoms with E-state index in [1.165, 1.54) is 0 Å². The van der Waals surface area contributed by atoms with Gasteiger partial charge in [0.25, 0.3) is 0 Å². The third kappa shape index (κ3) is 8.52. The third-order valence-corrected chi connectivity index (χ3v) is 6.35. The van der Waals surface area contributed by atoms with E-state index in [-0.39, 0.29) is 13.2 Å². The summed E-state index contributed by atoms with van der Waals surface area (Å²) in [6.07, 6.45) is 0.670. The molecular formula is C24H32Cl2N2O5. The molecule has 1 heterocycles. The van der Waals surface area contributed by atoms with Crippen molar-refractivity contribution in [1.29, 1.82) is 0 Å². The van der Waals surface area contributed by atoms with Gasteiger partial charge in [0.15, 0.2) is 0 Å². The molecule has 2 unspecified atom stereocenters. The Labute approximate surface area is 205 Å². The van der Waals surface area contributed by atoms with Gasteiger partial charge in [-0.25, -0.2) is 0 Å². The number of nitrogens with zero attached hydrogens (tertiary/aromatic N) is 1. The fourth-order valence-corrected chi connectivity index (χ4v) is 4.02. The van der Waals surface area contributed by atoms with Crippen LogP contribution in [0.1, 0.15) is 12.8 Å². The Morgan fingerprint density at radius 2 is 1.64 bits per heavy atom. The lowest BCUT2D eigenvalue weighted by molar-refractivity contribution is 0.0556. The Kier molecular flexibility index (Phi) is 10.4. The standard InChI is InChI=1S/C24H32Cl2N2O5/c1-31-20-5-7-21(8-6-20)32-15-18(29)13-27-17-9-11-28(12-10-17)14-19(30)16-33-23-4-2-3-22(25)24(23)26/h2-8,17-19,27,29-30H,9-16H2,1H3. The summed E-state index contributed by atoms with van der Waals surface area (Å²) in [7, 11) is 1.62. The van der Waals surface area contributed by atoms with Crippen LogP contribution in [-0.4, -0.2) is 79.9 Å². The fourth-order valence-electron chi connectivity index (χ4n) is 3.68. The minimum Gasteiger partial charge on any atom is -0.497 e. The Bertz CT molecular complexity index is 847. The van der Waals surface area contributed by atoms with Gasteiger partial charge in [-0.2, -0.15) is 0 Å². The highest BCUT2D eigenvalue weighted by atomic mass is 35.5. The first-order chi connectivity index (χ1) is 15.9. The molecule has 3 rings (SSSR count). The molecule has 0 amide bonds. The van der Waals surface area contributed by atoms with Gasteiger partial charge in [0.2, 0.25) is 0 Å². The van der Waals surface area contributed by atoms with Crippen LogP contribution in [0.2, 0.25) is 10.0 Å². The van der Waals surface area contributed by atoms with Gasteiger partial charge < -0.3 is 34.6 Å². The van der Waals surface area contributed by atoms with E-state index in [4.69, 9.17) is 37.4 Å². The number of aliphatic hydroxyl groups excluding tert-OH is 2. The highest BCUT2D eigenvalue weighted by Gasteiger charge is 2.22. The molecule has 182 valence electrons. The topological polar surface area (TPSA) is 83.4 Å². The number of β-amino-alcohol motifs (C(OH)–C–C–N with tert-alkyl or cyclic N) is 1. The van der Waals surface area contributed by atoms with E-state index in [0.717, 1.165) is 31.7 Å². The zero-order chi connectivity index (χ0) is 23.6. The normalized spacial score (nSPS) is 16.9. The molecule has 2 aromatic carbocycles. The summed E-state index contributed by atoms with van der Waals surface area (Å²) in [4.78, 5) is 2.22. The Morgan fingerprint density at radius 3 is 2.33 bits per heavy atom. The second-order valence-electron chi connectivity index (χ2n) is 8.14. The molecule has 2 atom stereocenters. The van der Waals surface area contributed by atoms with Crippen molar-refractivity contribution in [3.05, 3.63) is 52.5 Å². The minimum atomic E-state index is -0.624. The van der Waals surface area contributed by atoms with E-state index in [9.17, 15) is 10.2 Å². The van der Waals surface area contributed by atoms with Gasteiger partial charge >= 0.3 is 0 Å². The molecule has 0 saturated carbocycles. The van der Waals surface area contributed by atoms with Gasteiger partial charge in [-0.15, -0.1) is 0 Å². The number of likely N-dealkylation sites (tertiary alicyclic amines) is 1. The average Bonchev–Trinajstić information content (AvgIpc) is 2.83. The van der Waals surface area contributed by atoms with Crippen molar-refractivity contribution in [3.8, 4) is 17.2 Å². The number of benzene rings is 2. The molecule has 0 radical (unpaired) electrons. The number of halogens is 2.